The number of amides is 1. The van der Waals surface area contributed by atoms with Gasteiger partial charge in [0.1, 0.15) is 5.82 Å². The van der Waals surface area contributed by atoms with E-state index >= 15 is 0 Å². The molecule has 1 atom stereocenters. The first kappa shape index (κ1) is 15.6. The van der Waals surface area contributed by atoms with E-state index in [1.165, 1.54) is 12.1 Å². The zero-order valence-electron chi connectivity index (χ0n) is 12.1. The highest BCUT2D eigenvalue weighted by molar-refractivity contribution is 5.78. The van der Waals surface area contributed by atoms with Crippen LogP contribution in [-0.4, -0.2) is 18.0 Å². The van der Waals surface area contributed by atoms with Gasteiger partial charge >= 0.3 is 0 Å². The monoisotopic (exact) mass is 266 g/mol. The predicted octanol–water partition coefficient (Wildman–Crippen LogP) is 2.78. The molecule has 1 aromatic carbocycles. The van der Waals surface area contributed by atoms with Gasteiger partial charge in [-0.3, -0.25) is 4.79 Å². The summed E-state index contributed by atoms with van der Waals surface area (Å²) in [5.74, 6) is -0.308. The van der Waals surface area contributed by atoms with Crippen molar-refractivity contribution in [3.63, 3.8) is 0 Å². The molecule has 1 aromatic rings. The van der Waals surface area contributed by atoms with Crippen LogP contribution in [-0.2, 0) is 4.79 Å². The summed E-state index contributed by atoms with van der Waals surface area (Å²) in [6.07, 6.45) is 0.873. The van der Waals surface area contributed by atoms with Crippen molar-refractivity contribution >= 4 is 5.91 Å². The first-order chi connectivity index (χ1) is 8.84. The molecule has 0 fully saturated rings. The number of nitrogens with one attached hydrogen (secondary N) is 2. The van der Waals surface area contributed by atoms with Crippen molar-refractivity contribution in [2.45, 2.75) is 45.7 Å². The summed E-state index contributed by atoms with van der Waals surface area (Å²) >= 11 is 0. The molecule has 1 amide bonds. The summed E-state index contributed by atoms with van der Waals surface area (Å²) in [6, 6.07) is 6.34. The van der Waals surface area contributed by atoms with Crippen molar-refractivity contribution in [1.82, 2.24) is 10.6 Å². The summed E-state index contributed by atoms with van der Waals surface area (Å²) in [5.41, 5.74) is 0.642. The van der Waals surface area contributed by atoms with E-state index in [1.807, 2.05) is 33.8 Å². The van der Waals surface area contributed by atoms with E-state index in [0.717, 1.165) is 12.0 Å². The Hall–Kier alpha value is -1.42. The highest BCUT2D eigenvalue weighted by Gasteiger charge is 2.18. The Morgan fingerprint density at radius 3 is 2.68 bits per heavy atom. The number of carbonyl (C=O) groups excluding carboxylic acids is 1. The van der Waals surface area contributed by atoms with Crippen LogP contribution in [0, 0.1) is 5.82 Å². The van der Waals surface area contributed by atoms with E-state index in [-0.39, 0.29) is 29.8 Å². The molecule has 0 unspecified atom stereocenters. The number of hydrogen-bond acceptors (Lipinski definition) is 2. The molecule has 3 nitrogen and oxygen atoms in total. The second kappa shape index (κ2) is 6.66. The number of rotatable bonds is 6. The van der Waals surface area contributed by atoms with E-state index in [9.17, 15) is 9.18 Å². The maximum absolute atomic E-state index is 13.1. The fraction of sp³-hybridized carbons (Fsp3) is 0.533. The Morgan fingerprint density at radius 2 is 2.11 bits per heavy atom. The third-order valence-corrected chi connectivity index (χ3v) is 3.28. The van der Waals surface area contributed by atoms with Gasteiger partial charge in [0.25, 0.3) is 0 Å². The molecular weight excluding hydrogens is 243 g/mol. The predicted molar refractivity (Wildman–Crippen MR) is 75.3 cm³/mol. The highest BCUT2D eigenvalue weighted by atomic mass is 19.1. The molecular formula is C15H23FN2O. The Bertz CT molecular complexity index is 432. The standard InChI is InChI=1S/C15H23FN2O/c1-5-15(3,4)18-14(19)10-17-11(2)12-7-6-8-13(16)9-12/h6-9,11,17H,5,10H2,1-4H3,(H,18,19)/t11-/m1/s1. The lowest BCUT2D eigenvalue weighted by molar-refractivity contribution is -0.122. The van der Waals surface area contributed by atoms with Crippen molar-refractivity contribution in [2.75, 3.05) is 6.54 Å². The van der Waals surface area contributed by atoms with Crippen molar-refractivity contribution in [1.29, 1.82) is 0 Å². The van der Waals surface area contributed by atoms with Gasteiger partial charge in [-0.25, -0.2) is 4.39 Å². The Morgan fingerprint density at radius 1 is 1.42 bits per heavy atom. The molecule has 0 saturated heterocycles. The smallest absolute Gasteiger partial charge is 0.234 e. The van der Waals surface area contributed by atoms with Crippen LogP contribution in [0.2, 0.25) is 0 Å². The fourth-order valence-electron chi connectivity index (χ4n) is 1.65. The zero-order valence-corrected chi connectivity index (χ0v) is 12.1. The minimum absolute atomic E-state index is 0.0462. The first-order valence-corrected chi connectivity index (χ1v) is 6.64. The molecule has 0 radical (unpaired) electrons. The van der Waals surface area contributed by atoms with Gasteiger partial charge in [0.05, 0.1) is 6.54 Å². The van der Waals surface area contributed by atoms with Crippen molar-refractivity contribution in [2.24, 2.45) is 0 Å². The largest absolute Gasteiger partial charge is 0.350 e. The quantitative estimate of drug-likeness (QED) is 0.831. The SMILES string of the molecule is CCC(C)(C)NC(=O)CN[C@H](C)c1cccc(F)c1. The van der Waals surface area contributed by atoms with Crippen LogP contribution in [0.3, 0.4) is 0 Å². The molecule has 106 valence electrons. The molecule has 0 aliphatic carbocycles. The fourth-order valence-corrected chi connectivity index (χ4v) is 1.65. The summed E-state index contributed by atoms with van der Waals surface area (Å²) in [6.45, 7) is 8.14. The van der Waals surface area contributed by atoms with Crippen LogP contribution in [0.4, 0.5) is 4.39 Å². The lowest BCUT2D eigenvalue weighted by Gasteiger charge is -2.25. The van der Waals surface area contributed by atoms with Gasteiger partial charge in [0.2, 0.25) is 5.91 Å². The average molecular weight is 266 g/mol. The van der Waals surface area contributed by atoms with Crippen LogP contribution in [0.1, 0.15) is 45.7 Å². The Labute approximate surface area is 114 Å². The molecule has 0 saturated carbocycles. The number of hydrogen-bond donors (Lipinski definition) is 2. The Kier molecular flexibility index (Phi) is 5.48. The van der Waals surface area contributed by atoms with Crippen molar-refractivity contribution in [3.8, 4) is 0 Å². The third kappa shape index (κ3) is 5.39. The number of benzene rings is 1. The van der Waals surface area contributed by atoms with Gasteiger partial charge in [-0.15, -0.1) is 0 Å². The maximum atomic E-state index is 13.1. The molecule has 4 heteroatoms. The average Bonchev–Trinajstić information content (AvgIpc) is 2.35. The van der Waals surface area contributed by atoms with E-state index < -0.39 is 0 Å². The number of halogens is 1. The molecule has 2 N–H and O–H groups in total. The molecule has 1 rings (SSSR count). The molecule has 0 aliphatic heterocycles. The zero-order chi connectivity index (χ0) is 14.5. The minimum atomic E-state index is -0.261. The van der Waals surface area contributed by atoms with Crippen LogP contribution < -0.4 is 10.6 Å². The normalized spacial score (nSPS) is 13.1. The Balaban J connectivity index is 2.46. The van der Waals surface area contributed by atoms with Gasteiger partial charge in [0.15, 0.2) is 0 Å². The van der Waals surface area contributed by atoms with Crippen LogP contribution in [0.25, 0.3) is 0 Å². The van der Waals surface area contributed by atoms with Gasteiger partial charge in [-0.1, -0.05) is 19.1 Å². The van der Waals surface area contributed by atoms with Crippen molar-refractivity contribution in [3.05, 3.63) is 35.6 Å². The van der Waals surface area contributed by atoms with Gasteiger partial charge < -0.3 is 10.6 Å². The van der Waals surface area contributed by atoms with E-state index in [4.69, 9.17) is 0 Å². The molecule has 0 aliphatic rings. The van der Waals surface area contributed by atoms with E-state index in [1.54, 1.807) is 6.07 Å². The molecule has 0 aromatic heterocycles. The van der Waals surface area contributed by atoms with E-state index in [0.29, 0.717) is 0 Å². The first-order valence-electron chi connectivity index (χ1n) is 6.64. The van der Waals surface area contributed by atoms with Gasteiger partial charge in [-0.2, -0.15) is 0 Å². The summed E-state index contributed by atoms with van der Waals surface area (Å²) in [4.78, 5) is 11.8. The molecule has 19 heavy (non-hydrogen) atoms. The second-order valence-electron chi connectivity index (χ2n) is 5.44. The highest BCUT2D eigenvalue weighted by Crippen LogP contribution is 2.13. The van der Waals surface area contributed by atoms with Crippen LogP contribution in [0.15, 0.2) is 24.3 Å². The summed E-state index contributed by atoms with van der Waals surface area (Å²) in [7, 11) is 0. The van der Waals surface area contributed by atoms with Gasteiger partial charge in [-0.05, 0) is 44.9 Å². The number of carbonyl (C=O) groups is 1. The third-order valence-electron chi connectivity index (χ3n) is 3.28. The minimum Gasteiger partial charge on any atom is -0.350 e. The second-order valence-corrected chi connectivity index (χ2v) is 5.44. The lowest BCUT2D eigenvalue weighted by Crippen LogP contribution is -2.46. The molecule has 0 spiro atoms. The maximum Gasteiger partial charge on any atom is 0.234 e. The topological polar surface area (TPSA) is 41.1 Å². The van der Waals surface area contributed by atoms with Crippen LogP contribution >= 0.6 is 0 Å². The lowest BCUT2D eigenvalue weighted by atomic mass is 10.0. The van der Waals surface area contributed by atoms with Crippen molar-refractivity contribution < 1.29 is 9.18 Å². The summed E-state index contributed by atoms with van der Waals surface area (Å²) in [5, 5.41) is 6.04. The molecule has 0 heterocycles. The molecule has 0 bridgehead atoms. The van der Waals surface area contributed by atoms with Gasteiger partial charge in [0, 0.05) is 11.6 Å². The van der Waals surface area contributed by atoms with E-state index in [2.05, 4.69) is 10.6 Å². The van der Waals surface area contributed by atoms with Crippen LogP contribution in [0.5, 0.6) is 0 Å². The summed E-state index contributed by atoms with van der Waals surface area (Å²) < 4.78 is 13.1.